The molecule has 6 nitrogen and oxygen atoms in total. The van der Waals surface area contributed by atoms with Crippen molar-refractivity contribution in [2.24, 2.45) is 11.1 Å². The molecular weight excluding hydrogens is 328 g/mol. The van der Waals surface area contributed by atoms with Gasteiger partial charge >= 0.3 is 6.03 Å². The number of pyridine rings is 1. The maximum absolute atomic E-state index is 13.4. The van der Waals surface area contributed by atoms with E-state index >= 15 is 0 Å². The summed E-state index contributed by atoms with van der Waals surface area (Å²) in [6.07, 6.45) is 4.25. The van der Waals surface area contributed by atoms with Gasteiger partial charge in [0.1, 0.15) is 0 Å². The highest BCUT2D eigenvalue weighted by Gasteiger charge is 2.57. The van der Waals surface area contributed by atoms with Crippen molar-refractivity contribution in [3.05, 3.63) is 66.0 Å². The van der Waals surface area contributed by atoms with E-state index in [-0.39, 0.29) is 11.8 Å². The van der Waals surface area contributed by atoms with Crippen molar-refractivity contribution in [1.29, 1.82) is 0 Å². The number of benzene rings is 1. The van der Waals surface area contributed by atoms with Gasteiger partial charge in [-0.05, 0) is 23.6 Å². The monoisotopic (exact) mass is 350 g/mol. The summed E-state index contributed by atoms with van der Waals surface area (Å²) in [5.41, 5.74) is 7.07. The SMILES string of the molecule is NC(=O)N1C[C@@H](c2ccccc2)[C@@]2(CCN(Cc3cccnc3)C2=O)C1. The first-order chi connectivity index (χ1) is 12.6. The second-order valence-electron chi connectivity index (χ2n) is 7.18. The molecule has 0 saturated carbocycles. The minimum absolute atomic E-state index is 0.0254. The molecule has 134 valence electrons. The number of likely N-dealkylation sites (tertiary alicyclic amines) is 2. The number of aromatic nitrogens is 1. The highest BCUT2D eigenvalue weighted by atomic mass is 16.2. The number of nitrogens with two attached hydrogens (primary N) is 1. The molecule has 3 heterocycles. The van der Waals surface area contributed by atoms with Crippen LogP contribution >= 0.6 is 0 Å². The summed E-state index contributed by atoms with van der Waals surface area (Å²) in [4.78, 5) is 32.9. The molecule has 26 heavy (non-hydrogen) atoms. The molecule has 2 aliphatic rings. The quantitative estimate of drug-likeness (QED) is 0.919. The Morgan fingerprint density at radius 3 is 2.73 bits per heavy atom. The van der Waals surface area contributed by atoms with Gasteiger partial charge in [0.25, 0.3) is 0 Å². The molecule has 1 aromatic heterocycles. The Hall–Kier alpha value is -2.89. The fraction of sp³-hybridized carbons (Fsp3) is 0.350. The van der Waals surface area contributed by atoms with Crippen LogP contribution in [-0.2, 0) is 11.3 Å². The normalized spacial score (nSPS) is 25.2. The number of urea groups is 1. The van der Waals surface area contributed by atoms with Gasteiger partial charge in [-0.3, -0.25) is 9.78 Å². The summed E-state index contributed by atoms with van der Waals surface area (Å²) in [5, 5.41) is 0. The zero-order chi connectivity index (χ0) is 18.1. The average Bonchev–Trinajstić information content (AvgIpc) is 3.20. The molecule has 0 bridgehead atoms. The molecule has 3 amide bonds. The predicted octanol–water partition coefficient (Wildman–Crippen LogP) is 1.98. The molecule has 2 aliphatic heterocycles. The van der Waals surface area contributed by atoms with Crippen molar-refractivity contribution >= 4 is 11.9 Å². The van der Waals surface area contributed by atoms with Crippen molar-refractivity contribution in [1.82, 2.24) is 14.8 Å². The van der Waals surface area contributed by atoms with Gasteiger partial charge in [-0.15, -0.1) is 0 Å². The fourth-order valence-electron chi connectivity index (χ4n) is 4.38. The number of rotatable bonds is 3. The van der Waals surface area contributed by atoms with Crippen molar-refractivity contribution < 1.29 is 9.59 Å². The Morgan fingerprint density at radius 2 is 2.04 bits per heavy atom. The molecule has 2 fully saturated rings. The van der Waals surface area contributed by atoms with Gasteiger partial charge in [-0.1, -0.05) is 36.4 Å². The third-order valence-corrected chi connectivity index (χ3v) is 5.69. The molecule has 6 heteroatoms. The maximum atomic E-state index is 13.4. The van der Waals surface area contributed by atoms with Gasteiger partial charge in [0.15, 0.2) is 0 Å². The van der Waals surface area contributed by atoms with E-state index in [1.54, 1.807) is 17.3 Å². The van der Waals surface area contributed by atoms with Gasteiger partial charge < -0.3 is 15.5 Å². The smallest absolute Gasteiger partial charge is 0.314 e. The van der Waals surface area contributed by atoms with Crippen LogP contribution in [0.3, 0.4) is 0 Å². The lowest BCUT2D eigenvalue weighted by Gasteiger charge is -2.29. The molecule has 1 spiro atoms. The summed E-state index contributed by atoms with van der Waals surface area (Å²) >= 11 is 0. The molecular formula is C20H22N4O2. The Bertz CT molecular complexity index is 811. The van der Waals surface area contributed by atoms with Crippen LogP contribution in [0.15, 0.2) is 54.9 Å². The Morgan fingerprint density at radius 1 is 1.23 bits per heavy atom. The third-order valence-electron chi connectivity index (χ3n) is 5.69. The van der Waals surface area contributed by atoms with Gasteiger partial charge in [0.2, 0.25) is 5.91 Å². The van der Waals surface area contributed by atoms with Gasteiger partial charge in [0.05, 0.1) is 5.41 Å². The molecule has 2 atom stereocenters. The average molecular weight is 350 g/mol. The minimum Gasteiger partial charge on any atom is -0.351 e. The van der Waals surface area contributed by atoms with Gasteiger partial charge in [-0.25, -0.2) is 4.79 Å². The van der Waals surface area contributed by atoms with Crippen molar-refractivity contribution in [3.8, 4) is 0 Å². The van der Waals surface area contributed by atoms with Crippen molar-refractivity contribution in [2.75, 3.05) is 19.6 Å². The summed E-state index contributed by atoms with van der Waals surface area (Å²) in [7, 11) is 0. The number of carbonyl (C=O) groups excluding carboxylic acids is 2. The van der Waals surface area contributed by atoms with E-state index in [1.807, 2.05) is 47.4 Å². The minimum atomic E-state index is -0.585. The molecule has 0 unspecified atom stereocenters. The van der Waals surface area contributed by atoms with E-state index in [0.29, 0.717) is 26.2 Å². The van der Waals surface area contributed by atoms with E-state index in [4.69, 9.17) is 5.73 Å². The van der Waals surface area contributed by atoms with Gasteiger partial charge in [0, 0.05) is 44.5 Å². The Kier molecular flexibility index (Phi) is 4.11. The lowest BCUT2D eigenvalue weighted by atomic mass is 9.73. The van der Waals surface area contributed by atoms with Gasteiger partial charge in [-0.2, -0.15) is 0 Å². The summed E-state index contributed by atoms with van der Waals surface area (Å²) in [5.74, 6) is 0.0848. The molecule has 1 aromatic carbocycles. The zero-order valence-electron chi connectivity index (χ0n) is 14.5. The van der Waals surface area contributed by atoms with Crippen LogP contribution in [0.4, 0.5) is 4.79 Å². The largest absolute Gasteiger partial charge is 0.351 e. The standard InChI is InChI=1S/C20H22N4O2/c21-19(26)24-13-17(16-6-2-1-3-7-16)20(14-24)8-10-23(18(20)25)12-15-5-4-9-22-11-15/h1-7,9,11,17H,8,10,12-14H2,(H2,21,26)/t17-,20+/m0/s1. The molecule has 2 N–H and O–H groups in total. The molecule has 2 aromatic rings. The highest BCUT2D eigenvalue weighted by molar-refractivity contribution is 5.88. The fourth-order valence-corrected chi connectivity index (χ4v) is 4.38. The number of carbonyl (C=O) groups is 2. The number of nitrogens with zero attached hydrogens (tertiary/aromatic N) is 3. The van der Waals surface area contributed by atoms with Crippen LogP contribution in [0, 0.1) is 5.41 Å². The molecule has 0 radical (unpaired) electrons. The second-order valence-corrected chi connectivity index (χ2v) is 7.18. The number of hydrogen-bond donors (Lipinski definition) is 1. The van der Waals surface area contributed by atoms with Crippen LogP contribution in [-0.4, -0.2) is 46.4 Å². The first-order valence-corrected chi connectivity index (χ1v) is 8.88. The first kappa shape index (κ1) is 16.6. The zero-order valence-corrected chi connectivity index (χ0v) is 14.5. The molecule has 4 rings (SSSR count). The van der Waals surface area contributed by atoms with E-state index < -0.39 is 11.4 Å². The summed E-state index contributed by atoms with van der Waals surface area (Å²) in [6, 6.07) is 13.4. The van der Waals surface area contributed by atoms with Crippen LogP contribution in [0.1, 0.15) is 23.5 Å². The number of hydrogen-bond acceptors (Lipinski definition) is 3. The Labute approximate surface area is 152 Å². The van der Waals surface area contributed by atoms with E-state index in [9.17, 15) is 9.59 Å². The van der Waals surface area contributed by atoms with Crippen LogP contribution in [0.2, 0.25) is 0 Å². The lowest BCUT2D eigenvalue weighted by Crippen LogP contribution is -2.41. The topological polar surface area (TPSA) is 79.5 Å². The van der Waals surface area contributed by atoms with E-state index in [1.165, 1.54) is 0 Å². The number of primary amides is 1. The summed E-state index contributed by atoms with van der Waals surface area (Å²) in [6.45, 7) is 2.12. The summed E-state index contributed by atoms with van der Waals surface area (Å²) < 4.78 is 0. The molecule has 2 saturated heterocycles. The lowest BCUT2D eigenvalue weighted by molar-refractivity contribution is -0.136. The first-order valence-electron chi connectivity index (χ1n) is 8.88. The molecule has 0 aliphatic carbocycles. The van der Waals surface area contributed by atoms with Crippen LogP contribution in [0.25, 0.3) is 0 Å². The third kappa shape index (κ3) is 2.71. The van der Waals surface area contributed by atoms with E-state index in [0.717, 1.165) is 17.5 Å². The van der Waals surface area contributed by atoms with E-state index in [2.05, 4.69) is 4.98 Å². The van der Waals surface area contributed by atoms with Crippen LogP contribution in [0.5, 0.6) is 0 Å². The highest BCUT2D eigenvalue weighted by Crippen LogP contribution is 2.50. The van der Waals surface area contributed by atoms with Crippen LogP contribution < -0.4 is 5.73 Å². The maximum Gasteiger partial charge on any atom is 0.314 e. The Balaban J connectivity index is 1.64. The predicted molar refractivity (Wildman–Crippen MR) is 97.0 cm³/mol. The number of amides is 3. The van der Waals surface area contributed by atoms with Crippen molar-refractivity contribution in [2.45, 2.75) is 18.9 Å². The van der Waals surface area contributed by atoms with Crippen molar-refractivity contribution in [3.63, 3.8) is 0 Å². The second kappa shape index (κ2) is 6.44.